The highest BCUT2D eigenvalue weighted by Crippen LogP contribution is 2.56. The van der Waals surface area contributed by atoms with E-state index in [0.717, 1.165) is 82.7 Å². The molecule has 0 amide bonds. The summed E-state index contributed by atoms with van der Waals surface area (Å²) in [4.78, 5) is 17.2. The molecule has 5 heteroatoms. The molecule has 13 rings (SSSR count). The van der Waals surface area contributed by atoms with Crippen molar-refractivity contribution in [1.29, 1.82) is 0 Å². The molecule has 0 saturated heterocycles. The van der Waals surface area contributed by atoms with Gasteiger partial charge in [-0.1, -0.05) is 182 Å². The molecule has 0 radical (unpaired) electrons. The van der Waals surface area contributed by atoms with E-state index >= 15 is 0 Å². The summed E-state index contributed by atoms with van der Waals surface area (Å²) in [5.41, 5.74) is 13.4. The Morgan fingerprint density at radius 1 is 0.349 bits per heavy atom. The molecule has 5 nitrogen and oxygen atoms in total. The van der Waals surface area contributed by atoms with Gasteiger partial charge in [0, 0.05) is 32.8 Å². The van der Waals surface area contributed by atoms with Crippen molar-refractivity contribution in [2.24, 2.45) is 0 Å². The molecule has 0 aliphatic heterocycles. The third kappa shape index (κ3) is 5.14. The Balaban J connectivity index is 1.19. The zero-order chi connectivity index (χ0) is 41.5. The van der Waals surface area contributed by atoms with E-state index in [4.69, 9.17) is 15.0 Å². The topological polar surface area (TPSA) is 48.5 Å². The number of para-hydroxylation sites is 4. The maximum atomic E-state index is 5.80. The second-order valence-electron chi connectivity index (χ2n) is 16.3. The van der Waals surface area contributed by atoms with Crippen LogP contribution in [0.4, 0.5) is 0 Å². The van der Waals surface area contributed by atoms with E-state index in [0.29, 0.717) is 17.6 Å². The fourth-order valence-electron chi connectivity index (χ4n) is 10.4. The van der Waals surface area contributed by atoms with Crippen molar-refractivity contribution in [2.45, 2.75) is 5.41 Å². The molecule has 0 bridgehead atoms. The molecular formula is C58H37N5. The molecule has 3 aromatic heterocycles. The Labute approximate surface area is 363 Å². The molecule has 0 atom stereocenters. The lowest BCUT2D eigenvalue weighted by molar-refractivity contribution is 0.684. The number of benzene rings is 9. The van der Waals surface area contributed by atoms with Crippen molar-refractivity contribution >= 4 is 43.6 Å². The van der Waals surface area contributed by atoms with Gasteiger partial charge in [-0.15, -0.1) is 0 Å². The van der Waals surface area contributed by atoms with Gasteiger partial charge in [0.05, 0.1) is 22.1 Å². The van der Waals surface area contributed by atoms with Crippen LogP contribution < -0.4 is 0 Å². The molecule has 0 unspecified atom stereocenters. The first-order valence-corrected chi connectivity index (χ1v) is 21.5. The number of hydrogen-bond acceptors (Lipinski definition) is 3. The van der Waals surface area contributed by atoms with Crippen LogP contribution in [0.1, 0.15) is 22.5 Å². The second-order valence-corrected chi connectivity index (χ2v) is 16.3. The largest absolute Gasteiger partial charge is 0.309 e. The Kier molecular flexibility index (Phi) is 7.75. The Bertz CT molecular complexity index is 3650. The number of rotatable bonds is 6. The van der Waals surface area contributed by atoms with Crippen LogP contribution in [0.25, 0.3) is 88.9 Å². The van der Waals surface area contributed by atoms with Crippen LogP contribution in [0.3, 0.4) is 0 Å². The molecule has 0 spiro atoms. The highest BCUT2D eigenvalue weighted by atomic mass is 15.2. The van der Waals surface area contributed by atoms with Crippen LogP contribution in [0.15, 0.2) is 224 Å². The van der Waals surface area contributed by atoms with Gasteiger partial charge < -0.3 is 4.57 Å². The lowest BCUT2D eigenvalue weighted by Crippen LogP contribution is -2.32. The minimum Gasteiger partial charge on any atom is -0.309 e. The van der Waals surface area contributed by atoms with Gasteiger partial charge in [0.15, 0.2) is 11.6 Å². The third-order valence-corrected chi connectivity index (χ3v) is 13.0. The standard InChI is InChI=1S/C58H37N5/c1-3-19-38(20-4-1)39-21-17-22-40(37-39)58(48-31-12-7-25-42(48)43-26-8-13-32-49(43)58)56-59-55(60-57(61-56)63-50-33-14-9-27-44(50)45-28-10-15-34-51(45)63)47-30-18-36-53-54(47)46-29-11-16-35-52(46)62(53)41-23-5-2-6-24-41/h1-37H. The van der Waals surface area contributed by atoms with Gasteiger partial charge in [-0.3, -0.25) is 4.57 Å². The van der Waals surface area contributed by atoms with E-state index in [1.54, 1.807) is 0 Å². The number of hydrogen-bond donors (Lipinski definition) is 0. The van der Waals surface area contributed by atoms with E-state index in [1.165, 1.54) is 11.1 Å². The molecule has 3 heterocycles. The van der Waals surface area contributed by atoms with Crippen LogP contribution in [-0.2, 0) is 5.41 Å². The highest BCUT2D eigenvalue weighted by molar-refractivity contribution is 6.15. The van der Waals surface area contributed by atoms with E-state index in [1.807, 2.05) is 0 Å². The zero-order valence-electron chi connectivity index (χ0n) is 34.1. The van der Waals surface area contributed by atoms with Crippen LogP contribution >= 0.6 is 0 Å². The van der Waals surface area contributed by atoms with Gasteiger partial charge in [0.25, 0.3) is 0 Å². The molecule has 1 aliphatic carbocycles. The number of nitrogens with zero attached hydrogens (tertiary/aromatic N) is 5. The van der Waals surface area contributed by atoms with Crippen molar-refractivity contribution in [3.8, 4) is 45.3 Å². The van der Waals surface area contributed by atoms with Crippen molar-refractivity contribution in [3.05, 3.63) is 247 Å². The van der Waals surface area contributed by atoms with Crippen molar-refractivity contribution < 1.29 is 0 Å². The first-order chi connectivity index (χ1) is 31.3. The minimum absolute atomic E-state index is 0.566. The molecule has 0 fully saturated rings. The molecule has 12 aromatic rings. The summed E-state index contributed by atoms with van der Waals surface area (Å²) in [6.07, 6.45) is 0. The van der Waals surface area contributed by atoms with Gasteiger partial charge in [-0.2, -0.15) is 9.97 Å². The fourth-order valence-corrected chi connectivity index (χ4v) is 10.4. The van der Waals surface area contributed by atoms with Crippen LogP contribution in [0.2, 0.25) is 0 Å². The Morgan fingerprint density at radius 3 is 1.54 bits per heavy atom. The van der Waals surface area contributed by atoms with E-state index in [9.17, 15) is 0 Å². The van der Waals surface area contributed by atoms with Gasteiger partial charge >= 0.3 is 0 Å². The molecule has 9 aromatic carbocycles. The highest BCUT2D eigenvalue weighted by Gasteiger charge is 2.49. The minimum atomic E-state index is -0.908. The summed E-state index contributed by atoms with van der Waals surface area (Å²) < 4.78 is 4.58. The normalized spacial score (nSPS) is 12.9. The predicted molar refractivity (Wildman–Crippen MR) is 257 cm³/mol. The Hall–Kier alpha value is -8.41. The summed E-state index contributed by atoms with van der Waals surface area (Å²) in [5, 5.41) is 4.52. The van der Waals surface area contributed by atoms with Crippen molar-refractivity contribution in [3.63, 3.8) is 0 Å². The second kappa shape index (κ2) is 13.8. The van der Waals surface area contributed by atoms with E-state index in [2.05, 4.69) is 234 Å². The van der Waals surface area contributed by atoms with Crippen LogP contribution in [0, 0.1) is 0 Å². The summed E-state index contributed by atoms with van der Waals surface area (Å²) in [6.45, 7) is 0. The summed E-state index contributed by atoms with van der Waals surface area (Å²) in [6, 6.07) is 80.1. The zero-order valence-corrected chi connectivity index (χ0v) is 34.1. The maximum Gasteiger partial charge on any atom is 0.238 e. The smallest absolute Gasteiger partial charge is 0.238 e. The van der Waals surface area contributed by atoms with Gasteiger partial charge in [0.1, 0.15) is 5.41 Å². The summed E-state index contributed by atoms with van der Waals surface area (Å²) in [7, 11) is 0. The molecular weight excluding hydrogens is 767 g/mol. The van der Waals surface area contributed by atoms with Gasteiger partial charge in [-0.05, 0) is 81.4 Å². The third-order valence-electron chi connectivity index (χ3n) is 13.0. The molecule has 1 aliphatic rings. The summed E-state index contributed by atoms with van der Waals surface area (Å²) >= 11 is 0. The number of aromatic nitrogens is 5. The first kappa shape index (κ1) is 35.4. The van der Waals surface area contributed by atoms with Crippen LogP contribution in [0.5, 0.6) is 0 Å². The summed E-state index contributed by atoms with van der Waals surface area (Å²) in [5.74, 6) is 1.84. The molecule has 0 saturated carbocycles. The first-order valence-electron chi connectivity index (χ1n) is 21.5. The maximum absolute atomic E-state index is 5.80. The van der Waals surface area contributed by atoms with Crippen molar-refractivity contribution in [2.75, 3.05) is 0 Å². The van der Waals surface area contributed by atoms with E-state index in [-0.39, 0.29) is 0 Å². The average molecular weight is 804 g/mol. The Morgan fingerprint density at radius 2 is 0.857 bits per heavy atom. The lowest BCUT2D eigenvalue weighted by Gasteiger charge is -2.32. The van der Waals surface area contributed by atoms with Gasteiger partial charge in [0.2, 0.25) is 5.95 Å². The SMILES string of the molecule is c1ccc(-c2cccc(C3(c4nc(-c5cccc6c5c5ccccc5n6-c5ccccc5)nc(-n5c6ccccc6c6ccccc65)n4)c4ccccc4-c4ccccc43)c2)cc1. The molecule has 0 N–H and O–H groups in total. The van der Waals surface area contributed by atoms with Crippen molar-refractivity contribution in [1.82, 2.24) is 24.1 Å². The predicted octanol–water partition coefficient (Wildman–Crippen LogP) is 13.8. The average Bonchev–Trinajstić information content (AvgIpc) is 3.99. The lowest BCUT2D eigenvalue weighted by atomic mass is 9.71. The number of fused-ring (bicyclic) bond motifs is 9. The van der Waals surface area contributed by atoms with Crippen LogP contribution in [-0.4, -0.2) is 24.1 Å². The van der Waals surface area contributed by atoms with E-state index < -0.39 is 5.41 Å². The molecule has 63 heavy (non-hydrogen) atoms. The monoisotopic (exact) mass is 803 g/mol. The fraction of sp³-hybridized carbons (Fsp3) is 0.0172. The quantitative estimate of drug-likeness (QED) is 0.168. The molecule has 294 valence electrons. The van der Waals surface area contributed by atoms with Gasteiger partial charge in [-0.25, -0.2) is 4.98 Å².